The predicted molar refractivity (Wildman–Crippen MR) is 99.1 cm³/mol. The van der Waals surface area contributed by atoms with Gasteiger partial charge in [-0.2, -0.15) is 0 Å². The Morgan fingerprint density at radius 2 is 2.16 bits per heavy atom. The van der Waals surface area contributed by atoms with Crippen LogP contribution in [0.5, 0.6) is 11.5 Å². The molecule has 5 nitrogen and oxygen atoms in total. The van der Waals surface area contributed by atoms with Crippen molar-refractivity contribution in [2.45, 2.75) is 38.7 Å². The molecule has 0 bridgehead atoms. The summed E-state index contributed by atoms with van der Waals surface area (Å²) >= 11 is 3.51. The van der Waals surface area contributed by atoms with E-state index in [-0.39, 0.29) is 5.92 Å². The molecule has 132 valence electrons. The van der Waals surface area contributed by atoms with Crippen molar-refractivity contribution in [2.75, 3.05) is 6.54 Å². The van der Waals surface area contributed by atoms with Crippen LogP contribution in [0.25, 0.3) is 0 Å². The number of pyridine rings is 1. The second-order valence-electron chi connectivity index (χ2n) is 7.02. The molecular weight excluding hydrogens is 384 g/mol. The Morgan fingerprint density at radius 1 is 1.36 bits per heavy atom. The Bertz CT molecular complexity index is 786. The fourth-order valence-electron chi connectivity index (χ4n) is 2.77. The van der Waals surface area contributed by atoms with E-state index >= 15 is 0 Å². The third kappa shape index (κ3) is 4.51. The third-order valence-corrected chi connectivity index (χ3v) is 4.28. The summed E-state index contributed by atoms with van der Waals surface area (Å²) in [7, 11) is 0. The first-order valence-corrected chi connectivity index (χ1v) is 8.99. The van der Waals surface area contributed by atoms with Crippen molar-refractivity contribution in [3.05, 3.63) is 52.3 Å². The van der Waals surface area contributed by atoms with E-state index in [2.05, 4.69) is 26.2 Å². The van der Waals surface area contributed by atoms with Crippen molar-refractivity contribution in [3.63, 3.8) is 0 Å². The molecule has 0 radical (unpaired) electrons. The van der Waals surface area contributed by atoms with E-state index in [1.807, 2.05) is 51.1 Å². The molecule has 1 aromatic heterocycles. The minimum Gasteiger partial charge on any atom is -0.455 e. The van der Waals surface area contributed by atoms with Gasteiger partial charge in [0.15, 0.2) is 0 Å². The molecule has 0 aliphatic carbocycles. The average Bonchev–Trinajstić information content (AvgIpc) is 2.67. The van der Waals surface area contributed by atoms with Gasteiger partial charge in [-0.3, -0.25) is 4.98 Å². The number of fused-ring (bicyclic) bond motifs is 2. The van der Waals surface area contributed by atoms with Crippen molar-refractivity contribution in [2.24, 2.45) is 0 Å². The third-order valence-electron chi connectivity index (χ3n) is 3.79. The van der Waals surface area contributed by atoms with Crippen LogP contribution >= 0.6 is 15.9 Å². The number of aromatic nitrogens is 1. The van der Waals surface area contributed by atoms with Crippen LogP contribution in [-0.2, 0) is 11.2 Å². The number of benzene rings is 1. The number of hydrogen-bond acceptors (Lipinski definition) is 4. The molecule has 1 amide bonds. The van der Waals surface area contributed by atoms with E-state index in [9.17, 15) is 4.79 Å². The van der Waals surface area contributed by atoms with E-state index in [1.54, 1.807) is 6.20 Å². The highest BCUT2D eigenvalue weighted by atomic mass is 79.9. The van der Waals surface area contributed by atoms with Crippen LogP contribution < -0.4 is 10.1 Å². The lowest BCUT2D eigenvalue weighted by molar-refractivity contribution is 0.0524. The number of carbonyl (C=O) groups excluding carboxylic acids is 1. The smallest absolute Gasteiger partial charge is 0.407 e. The van der Waals surface area contributed by atoms with Gasteiger partial charge >= 0.3 is 6.09 Å². The summed E-state index contributed by atoms with van der Waals surface area (Å²) in [5.41, 5.74) is 1.39. The molecule has 1 aromatic carbocycles. The first-order valence-electron chi connectivity index (χ1n) is 8.20. The zero-order chi connectivity index (χ0) is 18.0. The van der Waals surface area contributed by atoms with Crippen LogP contribution in [0.1, 0.15) is 37.9 Å². The Morgan fingerprint density at radius 3 is 2.92 bits per heavy atom. The molecule has 1 N–H and O–H groups in total. The standard InChI is InChI=1S/C19H21BrN2O3/c1-19(2,3)25-18(23)22-11-13-9-12-10-14(20)6-7-15(12)24-16-5-4-8-21-17(13)16/h4-8,10,13H,9,11H2,1-3H3,(H,22,23)/t13-/m1/s1. The number of hydrogen-bond donors (Lipinski definition) is 1. The summed E-state index contributed by atoms with van der Waals surface area (Å²) in [6.07, 6.45) is 2.04. The SMILES string of the molecule is CC(C)(C)OC(=O)NC[C@H]1Cc2cc(Br)ccc2Oc2cccnc21. The van der Waals surface area contributed by atoms with Crippen LogP contribution in [0.4, 0.5) is 4.79 Å². The normalized spacial score (nSPS) is 16.1. The largest absolute Gasteiger partial charge is 0.455 e. The van der Waals surface area contributed by atoms with Gasteiger partial charge < -0.3 is 14.8 Å². The molecule has 2 heterocycles. The molecule has 0 saturated carbocycles. The first-order chi connectivity index (χ1) is 11.8. The Kier molecular flexibility index (Phi) is 4.99. The average molecular weight is 405 g/mol. The van der Waals surface area contributed by atoms with Gasteiger partial charge in [0.05, 0.1) is 5.69 Å². The lowest BCUT2D eigenvalue weighted by Gasteiger charge is -2.21. The fourth-order valence-corrected chi connectivity index (χ4v) is 3.18. The second-order valence-corrected chi connectivity index (χ2v) is 7.94. The predicted octanol–water partition coefficient (Wildman–Crippen LogP) is 4.80. The zero-order valence-electron chi connectivity index (χ0n) is 14.5. The van der Waals surface area contributed by atoms with E-state index < -0.39 is 11.7 Å². The lowest BCUT2D eigenvalue weighted by atomic mass is 9.95. The minimum atomic E-state index is -0.524. The molecule has 0 fully saturated rings. The number of nitrogens with zero attached hydrogens (tertiary/aromatic N) is 1. The molecule has 1 atom stereocenters. The van der Waals surface area contributed by atoms with Gasteiger partial charge in [0, 0.05) is 23.1 Å². The number of amides is 1. The quantitative estimate of drug-likeness (QED) is 0.780. The number of ether oxygens (including phenoxy) is 2. The Labute approximate surface area is 155 Å². The molecule has 1 aliphatic rings. The van der Waals surface area contributed by atoms with Gasteiger partial charge in [0.2, 0.25) is 0 Å². The molecule has 2 aromatic rings. The molecule has 1 aliphatic heterocycles. The maximum atomic E-state index is 12.0. The van der Waals surface area contributed by atoms with Crippen LogP contribution in [0.15, 0.2) is 41.0 Å². The summed E-state index contributed by atoms with van der Waals surface area (Å²) in [5, 5.41) is 2.85. The highest BCUT2D eigenvalue weighted by Gasteiger charge is 2.26. The number of carbonyl (C=O) groups is 1. The van der Waals surface area contributed by atoms with Gasteiger partial charge in [-0.15, -0.1) is 0 Å². The number of alkyl carbamates (subject to hydrolysis) is 1. The fraction of sp³-hybridized carbons (Fsp3) is 0.368. The summed E-state index contributed by atoms with van der Waals surface area (Å²) < 4.78 is 12.4. The topological polar surface area (TPSA) is 60.5 Å². The first kappa shape index (κ1) is 17.7. The monoisotopic (exact) mass is 404 g/mol. The molecule has 6 heteroatoms. The summed E-state index contributed by atoms with van der Waals surface area (Å²) in [6.45, 7) is 5.96. The lowest BCUT2D eigenvalue weighted by Crippen LogP contribution is -2.35. The van der Waals surface area contributed by atoms with Gasteiger partial charge in [-0.25, -0.2) is 4.79 Å². The van der Waals surface area contributed by atoms with Gasteiger partial charge in [-0.05, 0) is 63.1 Å². The number of nitrogens with one attached hydrogen (secondary N) is 1. The van der Waals surface area contributed by atoms with Gasteiger partial charge in [0.25, 0.3) is 0 Å². The summed E-state index contributed by atoms with van der Waals surface area (Å²) in [5.74, 6) is 1.54. The molecule has 0 unspecified atom stereocenters. The van der Waals surface area contributed by atoms with Crippen molar-refractivity contribution >= 4 is 22.0 Å². The Balaban J connectivity index is 1.83. The molecule has 0 saturated heterocycles. The molecular formula is C19H21BrN2O3. The Hall–Kier alpha value is -2.08. The van der Waals surface area contributed by atoms with Crippen molar-refractivity contribution in [1.29, 1.82) is 0 Å². The van der Waals surface area contributed by atoms with Crippen LogP contribution in [-0.4, -0.2) is 23.2 Å². The van der Waals surface area contributed by atoms with E-state index in [0.29, 0.717) is 13.0 Å². The van der Waals surface area contributed by atoms with Gasteiger partial charge in [-0.1, -0.05) is 15.9 Å². The van der Waals surface area contributed by atoms with Crippen LogP contribution in [0, 0.1) is 0 Å². The van der Waals surface area contributed by atoms with Gasteiger partial charge in [0.1, 0.15) is 17.1 Å². The number of rotatable bonds is 2. The van der Waals surface area contributed by atoms with Crippen molar-refractivity contribution in [1.82, 2.24) is 10.3 Å². The summed E-state index contributed by atoms with van der Waals surface area (Å²) in [6, 6.07) is 9.69. The van der Waals surface area contributed by atoms with Crippen LogP contribution in [0.3, 0.4) is 0 Å². The van der Waals surface area contributed by atoms with E-state index in [4.69, 9.17) is 9.47 Å². The van der Waals surface area contributed by atoms with Crippen LogP contribution in [0.2, 0.25) is 0 Å². The molecule has 3 rings (SSSR count). The highest BCUT2D eigenvalue weighted by Crippen LogP contribution is 2.38. The molecule has 0 spiro atoms. The van der Waals surface area contributed by atoms with E-state index in [0.717, 1.165) is 27.2 Å². The van der Waals surface area contributed by atoms with Crippen molar-refractivity contribution in [3.8, 4) is 11.5 Å². The number of halogens is 1. The molecule has 25 heavy (non-hydrogen) atoms. The summed E-state index contributed by atoms with van der Waals surface area (Å²) in [4.78, 5) is 16.5. The second kappa shape index (κ2) is 7.04. The minimum absolute atomic E-state index is 0.000677. The highest BCUT2D eigenvalue weighted by molar-refractivity contribution is 9.10. The zero-order valence-corrected chi connectivity index (χ0v) is 16.1. The van der Waals surface area contributed by atoms with Crippen molar-refractivity contribution < 1.29 is 14.3 Å². The van der Waals surface area contributed by atoms with E-state index in [1.165, 1.54) is 0 Å². The maximum absolute atomic E-state index is 12.0. The maximum Gasteiger partial charge on any atom is 0.407 e.